The predicted octanol–water partition coefficient (Wildman–Crippen LogP) is 0.303. The van der Waals surface area contributed by atoms with Gasteiger partial charge in [-0.2, -0.15) is 5.10 Å². The molecule has 0 saturated heterocycles. The Bertz CT molecular complexity index is 313. The van der Waals surface area contributed by atoms with Crippen molar-refractivity contribution in [3.05, 3.63) is 12.2 Å². The van der Waals surface area contributed by atoms with Crippen LogP contribution in [-0.2, 0) is 13.1 Å². The summed E-state index contributed by atoms with van der Waals surface area (Å²) in [6.07, 6.45) is 4.90. The molecule has 0 bridgehead atoms. The van der Waals surface area contributed by atoms with E-state index in [1.165, 1.54) is 6.42 Å². The number of hydrogen-bond donors (Lipinski definition) is 2. The van der Waals surface area contributed by atoms with Crippen molar-refractivity contribution in [3.8, 4) is 0 Å². The first kappa shape index (κ1) is 10.6. The maximum Gasteiger partial charge on any atom is 0.140 e. The van der Waals surface area contributed by atoms with Gasteiger partial charge < -0.3 is 10.4 Å². The largest absolute Gasteiger partial charge is 0.394 e. The van der Waals surface area contributed by atoms with Gasteiger partial charge in [0.05, 0.1) is 13.2 Å². The molecule has 1 aromatic rings. The molecule has 2 N–H and O–H groups in total. The van der Waals surface area contributed by atoms with E-state index in [9.17, 15) is 5.11 Å². The van der Waals surface area contributed by atoms with E-state index in [0.29, 0.717) is 6.54 Å². The lowest BCUT2D eigenvalue weighted by atomic mass is 9.77. The van der Waals surface area contributed by atoms with Crippen molar-refractivity contribution < 1.29 is 5.11 Å². The minimum Gasteiger partial charge on any atom is -0.394 e. The standard InChI is InChI=1S/C10H18N4O/c1-2-14-9(11-8-13-14)6-12-10(7-15)4-3-5-10/h8,12,15H,2-7H2,1H3. The molecule has 1 aliphatic rings. The molecular formula is C10H18N4O. The molecule has 1 saturated carbocycles. The zero-order valence-electron chi connectivity index (χ0n) is 9.11. The lowest BCUT2D eigenvalue weighted by molar-refractivity contribution is 0.0861. The lowest BCUT2D eigenvalue weighted by Gasteiger charge is -2.41. The number of aryl methyl sites for hydroxylation is 1. The summed E-state index contributed by atoms with van der Waals surface area (Å²) >= 11 is 0. The smallest absolute Gasteiger partial charge is 0.140 e. The Hall–Kier alpha value is -0.940. The molecular weight excluding hydrogens is 192 g/mol. The van der Waals surface area contributed by atoms with E-state index in [4.69, 9.17) is 0 Å². The summed E-state index contributed by atoms with van der Waals surface area (Å²) in [7, 11) is 0. The normalized spacial score (nSPS) is 18.8. The van der Waals surface area contributed by atoms with E-state index >= 15 is 0 Å². The highest BCUT2D eigenvalue weighted by Crippen LogP contribution is 2.31. The first-order valence-corrected chi connectivity index (χ1v) is 5.52. The highest BCUT2D eigenvalue weighted by Gasteiger charge is 2.35. The van der Waals surface area contributed by atoms with E-state index in [1.54, 1.807) is 6.33 Å². The zero-order chi connectivity index (χ0) is 10.7. The van der Waals surface area contributed by atoms with Gasteiger partial charge in [-0.3, -0.25) is 0 Å². The monoisotopic (exact) mass is 210 g/mol. The van der Waals surface area contributed by atoms with Gasteiger partial charge in [0, 0.05) is 12.1 Å². The van der Waals surface area contributed by atoms with Crippen molar-refractivity contribution in [1.29, 1.82) is 0 Å². The van der Waals surface area contributed by atoms with Crippen LogP contribution < -0.4 is 5.32 Å². The highest BCUT2D eigenvalue weighted by atomic mass is 16.3. The zero-order valence-corrected chi connectivity index (χ0v) is 9.11. The fraction of sp³-hybridized carbons (Fsp3) is 0.800. The summed E-state index contributed by atoms with van der Waals surface area (Å²) in [6, 6.07) is 0. The summed E-state index contributed by atoms with van der Waals surface area (Å²) in [6.45, 7) is 3.79. The summed E-state index contributed by atoms with van der Waals surface area (Å²) in [5.74, 6) is 0.942. The van der Waals surface area contributed by atoms with Crippen LogP contribution in [0.1, 0.15) is 32.0 Å². The Labute approximate surface area is 89.5 Å². The van der Waals surface area contributed by atoms with Crippen molar-refractivity contribution in [2.24, 2.45) is 0 Å². The van der Waals surface area contributed by atoms with Crippen LogP contribution in [0.5, 0.6) is 0 Å². The van der Waals surface area contributed by atoms with Crippen molar-refractivity contribution in [2.75, 3.05) is 6.61 Å². The SMILES string of the molecule is CCn1ncnc1CNC1(CO)CCC1. The van der Waals surface area contributed by atoms with Gasteiger partial charge in [-0.15, -0.1) is 0 Å². The average Bonchev–Trinajstić information content (AvgIpc) is 2.64. The van der Waals surface area contributed by atoms with Crippen molar-refractivity contribution in [2.45, 2.75) is 44.8 Å². The number of aliphatic hydroxyl groups is 1. The summed E-state index contributed by atoms with van der Waals surface area (Å²) in [4.78, 5) is 4.19. The molecule has 84 valence electrons. The Morgan fingerprint density at radius 3 is 2.93 bits per heavy atom. The number of nitrogens with zero attached hydrogens (tertiary/aromatic N) is 3. The van der Waals surface area contributed by atoms with Gasteiger partial charge in [0.15, 0.2) is 0 Å². The molecule has 0 aliphatic heterocycles. The van der Waals surface area contributed by atoms with Gasteiger partial charge in [-0.25, -0.2) is 9.67 Å². The molecule has 0 radical (unpaired) electrons. The van der Waals surface area contributed by atoms with Crippen LogP contribution in [0.3, 0.4) is 0 Å². The molecule has 15 heavy (non-hydrogen) atoms. The third kappa shape index (κ3) is 2.03. The van der Waals surface area contributed by atoms with Crippen LogP contribution in [0.4, 0.5) is 0 Å². The highest BCUT2D eigenvalue weighted by molar-refractivity contribution is 4.97. The van der Waals surface area contributed by atoms with E-state index in [0.717, 1.165) is 25.2 Å². The van der Waals surface area contributed by atoms with Crippen LogP contribution in [0.2, 0.25) is 0 Å². The number of hydrogen-bond acceptors (Lipinski definition) is 4. The summed E-state index contributed by atoms with van der Waals surface area (Å²) < 4.78 is 1.87. The molecule has 5 nitrogen and oxygen atoms in total. The van der Waals surface area contributed by atoms with Crippen LogP contribution in [-0.4, -0.2) is 32.0 Å². The molecule has 0 aromatic carbocycles. The predicted molar refractivity (Wildman–Crippen MR) is 56.2 cm³/mol. The summed E-state index contributed by atoms with van der Waals surface area (Å²) in [5, 5.41) is 16.8. The van der Waals surface area contributed by atoms with Gasteiger partial charge in [0.25, 0.3) is 0 Å². The molecule has 5 heteroatoms. The second-order valence-electron chi connectivity index (χ2n) is 4.14. The molecule has 0 spiro atoms. The first-order chi connectivity index (χ1) is 7.29. The van der Waals surface area contributed by atoms with Crippen LogP contribution in [0.25, 0.3) is 0 Å². The molecule has 0 unspecified atom stereocenters. The van der Waals surface area contributed by atoms with Gasteiger partial charge >= 0.3 is 0 Å². The molecule has 1 fully saturated rings. The van der Waals surface area contributed by atoms with Gasteiger partial charge in [0.1, 0.15) is 12.2 Å². The Morgan fingerprint density at radius 1 is 1.60 bits per heavy atom. The van der Waals surface area contributed by atoms with E-state index in [-0.39, 0.29) is 12.1 Å². The summed E-state index contributed by atoms with van der Waals surface area (Å²) in [5.41, 5.74) is -0.0511. The van der Waals surface area contributed by atoms with E-state index < -0.39 is 0 Å². The van der Waals surface area contributed by atoms with Crippen LogP contribution in [0, 0.1) is 0 Å². The number of rotatable bonds is 5. The van der Waals surface area contributed by atoms with Crippen LogP contribution >= 0.6 is 0 Å². The van der Waals surface area contributed by atoms with Gasteiger partial charge in [0.2, 0.25) is 0 Å². The molecule has 0 atom stereocenters. The fourth-order valence-electron chi connectivity index (χ4n) is 1.95. The molecule has 1 heterocycles. The van der Waals surface area contributed by atoms with Crippen molar-refractivity contribution >= 4 is 0 Å². The second kappa shape index (κ2) is 4.28. The van der Waals surface area contributed by atoms with E-state index in [1.807, 2.05) is 11.6 Å². The average molecular weight is 210 g/mol. The maximum atomic E-state index is 9.29. The van der Waals surface area contributed by atoms with Gasteiger partial charge in [-0.1, -0.05) is 0 Å². The fourth-order valence-corrected chi connectivity index (χ4v) is 1.95. The molecule has 2 rings (SSSR count). The van der Waals surface area contributed by atoms with Crippen molar-refractivity contribution in [3.63, 3.8) is 0 Å². The Morgan fingerprint density at radius 2 is 2.40 bits per heavy atom. The topological polar surface area (TPSA) is 63.0 Å². The number of aromatic nitrogens is 3. The number of nitrogens with one attached hydrogen (secondary N) is 1. The Kier molecular flexibility index (Phi) is 3.02. The van der Waals surface area contributed by atoms with Gasteiger partial charge in [-0.05, 0) is 26.2 Å². The molecule has 1 aromatic heterocycles. The molecule has 0 amide bonds. The second-order valence-corrected chi connectivity index (χ2v) is 4.14. The first-order valence-electron chi connectivity index (χ1n) is 5.52. The quantitative estimate of drug-likeness (QED) is 0.734. The lowest BCUT2D eigenvalue weighted by Crippen LogP contribution is -2.53. The maximum absolute atomic E-state index is 9.29. The minimum atomic E-state index is -0.0511. The Balaban J connectivity index is 1.92. The third-order valence-electron chi connectivity index (χ3n) is 3.23. The van der Waals surface area contributed by atoms with Crippen molar-refractivity contribution in [1.82, 2.24) is 20.1 Å². The third-order valence-corrected chi connectivity index (χ3v) is 3.23. The van der Waals surface area contributed by atoms with Crippen LogP contribution in [0.15, 0.2) is 6.33 Å². The molecule has 1 aliphatic carbocycles. The van der Waals surface area contributed by atoms with E-state index in [2.05, 4.69) is 15.4 Å². The minimum absolute atomic E-state index is 0.0511. The number of aliphatic hydroxyl groups excluding tert-OH is 1.